The second-order valence-electron chi connectivity index (χ2n) is 17.0. The highest BCUT2D eigenvalue weighted by molar-refractivity contribution is 6.04. The molecule has 4 rings (SSSR count). The molecule has 2 fully saturated rings. The molecule has 0 aromatic carbocycles. The lowest BCUT2D eigenvalue weighted by Gasteiger charge is -2.61. The van der Waals surface area contributed by atoms with Crippen LogP contribution in [0.2, 0.25) is 0 Å². The molecule has 0 spiro atoms. The Labute approximate surface area is 260 Å². The zero-order valence-electron chi connectivity index (χ0n) is 28.9. The molecule has 236 valence electrons. The van der Waals surface area contributed by atoms with Crippen LogP contribution in [0.4, 0.5) is 0 Å². The number of hydrogen-bond donors (Lipinski definition) is 0. The number of fused-ring (bicyclic) bond motifs is 1. The van der Waals surface area contributed by atoms with Gasteiger partial charge in [-0.25, -0.2) is 0 Å². The van der Waals surface area contributed by atoms with Crippen molar-refractivity contribution >= 4 is 11.6 Å². The van der Waals surface area contributed by atoms with Crippen molar-refractivity contribution in [3.05, 3.63) is 35.1 Å². The molecule has 0 aliphatic heterocycles. The standard InChI is InChI=1S/C37H55N3O3/c1-23(2)30-39-40-31(43-30)37(17-15-32(5,6)20-24(37)3)18-16-33(7,8)36(12)14-13-27-34(9,10)29(42)26(22-38)21-35(27,11)28(36)19-25(4)41/h19,21,23-24,27H,13-18,20H2,1-12H3/b28-19-/t24?,27-,35-,36+,37-/m0/s1. The third-order valence-electron chi connectivity index (χ3n) is 12.5. The third kappa shape index (κ3) is 5.38. The maximum absolute atomic E-state index is 13.3. The number of aromatic nitrogens is 2. The van der Waals surface area contributed by atoms with E-state index in [-0.39, 0.29) is 50.6 Å². The molecule has 2 saturated carbocycles. The molecule has 43 heavy (non-hydrogen) atoms. The van der Waals surface area contributed by atoms with Crippen LogP contribution in [0.5, 0.6) is 0 Å². The van der Waals surface area contributed by atoms with E-state index in [1.807, 2.05) is 26.0 Å². The molecule has 1 aromatic heterocycles. The summed E-state index contributed by atoms with van der Waals surface area (Å²) in [5.74, 6) is 1.98. The Morgan fingerprint density at radius 2 is 1.79 bits per heavy atom. The monoisotopic (exact) mass is 589 g/mol. The summed E-state index contributed by atoms with van der Waals surface area (Å²) in [6, 6.07) is 2.20. The Morgan fingerprint density at radius 3 is 2.33 bits per heavy atom. The average molecular weight is 590 g/mol. The fraction of sp³-hybridized carbons (Fsp3) is 0.757. The summed E-state index contributed by atoms with van der Waals surface area (Å²) in [6.45, 7) is 26.0. The normalized spacial score (nSPS) is 34.9. The first-order valence-corrected chi connectivity index (χ1v) is 16.4. The first-order valence-electron chi connectivity index (χ1n) is 16.4. The number of rotatable bonds is 7. The second kappa shape index (κ2) is 10.8. The van der Waals surface area contributed by atoms with Crippen molar-refractivity contribution in [2.45, 2.75) is 139 Å². The topological polar surface area (TPSA) is 96.8 Å². The molecule has 3 aliphatic rings. The Hall–Kier alpha value is -2.55. The van der Waals surface area contributed by atoms with Gasteiger partial charge in [-0.15, -0.1) is 10.2 Å². The van der Waals surface area contributed by atoms with Crippen molar-refractivity contribution in [1.29, 1.82) is 5.26 Å². The summed E-state index contributed by atoms with van der Waals surface area (Å²) in [7, 11) is 0. The number of nitriles is 1. The molecular formula is C37H55N3O3. The number of Topliss-reactive ketones (excluding diaryl/α,β-unsaturated/α-hetero) is 1. The summed E-state index contributed by atoms with van der Waals surface area (Å²) in [5.41, 5.74) is -0.437. The van der Waals surface area contributed by atoms with Crippen LogP contribution in [-0.4, -0.2) is 21.8 Å². The van der Waals surface area contributed by atoms with E-state index in [0.717, 1.165) is 56.4 Å². The number of carbonyl (C=O) groups excluding carboxylic acids is 2. The molecule has 5 atom stereocenters. The van der Waals surface area contributed by atoms with Crippen LogP contribution in [0, 0.1) is 50.2 Å². The minimum absolute atomic E-state index is 0.00666. The number of hydrogen-bond acceptors (Lipinski definition) is 6. The molecular weight excluding hydrogens is 534 g/mol. The Kier molecular flexibility index (Phi) is 8.38. The van der Waals surface area contributed by atoms with Crippen molar-refractivity contribution in [2.24, 2.45) is 38.9 Å². The first kappa shape index (κ1) is 33.3. The molecule has 6 nitrogen and oxygen atoms in total. The van der Waals surface area contributed by atoms with Crippen molar-refractivity contribution in [1.82, 2.24) is 10.2 Å². The van der Waals surface area contributed by atoms with Crippen LogP contribution in [0.3, 0.4) is 0 Å². The van der Waals surface area contributed by atoms with Crippen LogP contribution in [-0.2, 0) is 15.0 Å². The number of nitrogens with zero attached hydrogens (tertiary/aromatic N) is 3. The van der Waals surface area contributed by atoms with Gasteiger partial charge < -0.3 is 4.42 Å². The first-order chi connectivity index (χ1) is 19.7. The van der Waals surface area contributed by atoms with E-state index in [1.54, 1.807) is 6.92 Å². The number of ketones is 2. The largest absolute Gasteiger partial charge is 0.424 e. The highest BCUT2D eigenvalue weighted by Crippen LogP contribution is 2.67. The van der Waals surface area contributed by atoms with Gasteiger partial charge >= 0.3 is 0 Å². The highest BCUT2D eigenvalue weighted by atomic mass is 16.4. The van der Waals surface area contributed by atoms with E-state index in [4.69, 9.17) is 4.42 Å². The molecule has 0 bridgehead atoms. The van der Waals surface area contributed by atoms with E-state index < -0.39 is 10.8 Å². The van der Waals surface area contributed by atoms with Gasteiger partial charge in [-0.05, 0) is 86.0 Å². The summed E-state index contributed by atoms with van der Waals surface area (Å²) in [4.78, 5) is 26.2. The molecule has 1 aromatic rings. The molecule has 3 aliphatic carbocycles. The summed E-state index contributed by atoms with van der Waals surface area (Å²) >= 11 is 0. The quantitative estimate of drug-likeness (QED) is 0.294. The van der Waals surface area contributed by atoms with E-state index in [0.29, 0.717) is 11.8 Å². The van der Waals surface area contributed by atoms with Gasteiger partial charge in [-0.2, -0.15) is 5.26 Å². The minimum Gasteiger partial charge on any atom is -0.424 e. The maximum atomic E-state index is 13.3. The van der Waals surface area contributed by atoms with E-state index in [1.165, 1.54) is 0 Å². The third-order valence-corrected chi connectivity index (χ3v) is 12.5. The SMILES string of the molecule is CC(=O)/C=C1/[C@@]2(C)C=C(C#N)C(=O)C(C)(C)[C@@H]2CC[C@@]1(C)C(C)(C)CC[C@@]1(c2nnc(C(C)C)o2)CCC(C)(C)CC1C. The van der Waals surface area contributed by atoms with Crippen LogP contribution in [0.1, 0.15) is 146 Å². The Bertz CT molecular complexity index is 1390. The van der Waals surface area contributed by atoms with Crippen LogP contribution in [0.15, 0.2) is 27.7 Å². The smallest absolute Gasteiger partial charge is 0.222 e. The van der Waals surface area contributed by atoms with Gasteiger partial charge in [0.2, 0.25) is 11.8 Å². The van der Waals surface area contributed by atoms with E-state index in [2.05, 4.69) is 78.6 Å². The summed E-state index contributed by atoms with van der Waals surface area (Å²) < 4.78 is 6.43. The predicted octanol–water partition coefficient (Wildman–Crippen LogP) is 9.08. The number of carbonyl (C=O) groups is 2. The van der Waals surface area contributed by atoms with Crippen LogP contribution < -0.4 is 0 Å². The van der Waals surface area contributed by atoms with E-state index >= 15 is 0 Å². The zero-order chi connectivity index (χ0) is 32.4. The summed E-state index contributed by atoms with van der Waals surface area (Å²) in [5, 5.41) is 19.1. The lowest BCUT2D eigenvalue weighted by Crippen LogP contribution is -2.56. The van der Waals surface area contributed by atoms with Gasteiger partial charge in [0.25, 0.3) is 0 Å². The molecule has 6 heteroatoms. The summed E-state index contributed by atoms with van der Waals surface area (Å²) in [6.07, 6.45) is 10.5. The van der Waals surface area contributed by atoms with Crippen LogP contribution in [0.25, 0.3) is 0 Å². The Balaban J connectivity index is 1.78. The van der Waals surface area contributed by atoms with Gasteiger partial charge in [-0.1, -0.05) is 87.8 Å². The lowest BCUT2D eigenvalue weighted by molar-refractivity contribution is -0.131. The Morgan fingerprint density at radius 1 is 1.14 bits per heavy atom. The van der Waals surface area contributed by atoms with E-state index in [9.17, 15) is 14.9 Å². The van der Waals surface area contributed by atoms with Gasteiger partial charge in [0.15, 0.2) is 11.6 Å². The average Bonchev–Trinajstić information content (AvgIpc) is 3.39. The fourth-order valence-electron chi connectivity index (χ4n) is 9.32. The maximum Gasteiger partial charge on any atom is 0.222 e. The molecule has 0 saturated heterocycles. The molecule has 0 radical (unpaired) electrons. The second-order valence-corrected chi connectivity index (χ2v) is 17.0. The zero-order valence-corrected chi connectivity index (χ0v) is 28.9. The van der Waals surface area contributed by atoms with Gasteiger partial charge in [0.05, 0.1) is 11.0 Å². The van der Waals surface area contributed by atoms with Gasteiger partial charge in [0, 0.05) is 16.7 Å². The van der Waals surface area contributed by atoms with Crippen molar-refractivity contribution < 1.29 is 14.0 Å². The van der Waals surface area contributed by atoms with Crippen molar-refractivity contribution in [2.75, 3.05) is 0 Å². The number of allylic oxidation sites excluding steroid dienone is 4. The molecule has 1 heterocycles. The van der Waals surface area contributed by atoms with Gasteiger partial charge in [-0.3, -0.25) is 9.59 Å². The fourth-order valence-corrected chi connectivity index (χ4v) is 9.32. The van der Waals surface area contributed by atoms with Crippen molar-refractivity contribution in [3.63, 3.8) is 0 Å². The minimum atomic E-state index is -0.684. The van der Waals surface area contributed by atoms with Crippen molar-refractivity contribution in [3.8, 4) is 6.07 Å². The lowest BCUT2D eigenvalue weighted by atomic mass is 9.42. The molecule has 0 N–H and O–H groups in total. The molecule has 1 unspecified atom stereocenters. The highest BCUT2D eigenvalue weighted by Gasteiger charge is 2.61. The van der Waals surface area contributed by atoms with Crippen LogP contribution >= 0.6 is 0 Å². The molecule has 0 amide bonds. The predicted molar refractivity (Wildman–Crippen MR) is 170 cm³/mol. The van der Waals surface area contributed by atoms with Gasteiger partial charge in [0.1, 0.15) is 6.07 Å².